The van der Waals surface area contributed by atoms with Crippen molar-refractivity contribution in [3.63, 3.8) is 0 Å². The third-order valence-electron chi connectivity index (χ3n) is 3.34. The summed E-state index contributed by atoms with van der Waals surface area (Å²) in [5, 5.41) is 0. The summed E-state index contributed by atoms with van der Waals surface area (Å²) in [6.07, 6.45) is 1.91. The molecule has 21 heavy (non-hydrogen) atoms. The Hall–Kier alpha value is -2.33. The molecule has 1 heteroatoms. The fourth-order valence-electron chi connectivity index (χ4n) is 2.06. The van der Waals surface area contributed by atoms with Crippen LogP contribution in [0.3, 0.4) is 0 Å². The quantitative estimate of drug-likeness (QED) is 0.645. The standard InChI is InChI=1S/C20H19F/c1-4-17(19-6-5-7-20(21)14-19)11-8-16-9-12-18(13-10-16)15(2)3/h4-7,9-10,12-15H,1-3H3. The first kappa shape index (κ1) is 15.1. The monoisotopic (exact) mass is 278 g/mol. The minimum Gasteiger partial charge on any atom is -0.207 e. The molecule has 2 aromatic carbocycles. The van der Waals surface area contributed by atoms with Crippen LogP contribution in [0, 0.1) is 17.7 Å². The largest absolute Gasteiger partial charge is 0.207 e. The molecule has 0 bridgehead atoms. The number of allylic oxidation sites excluding steroid dienone is 2. The van der Waals surface area contributed by atoms with Crippen molar-refractivity contribution < 1.29 is 4.39 Å². The van der Waals surface area contributed by atoms with E-state index in [2.05, 4.69) is 37.8 Å². The topological polar surface area (TPSA) is 0 Å². The first-order valence-corrected chi connectivity index (χ1v) is 7.14. The van der Waals surface area contributed by atoms with Gasteiger partial charge in [-0.15, -0.1) is 0 Å². The first-order chi connectivity index (χ1) is 10.1. The van der Waals surface area contributed by atoms with Crippen molar-refractivity contribution in [1.82, 2.24) is 0 Å². The highest BCUT2D eigenvalue weighted by molar-refractivity contribution is 5.79. The van der Waals surface area contributed by atoms with E-state index in [9.17, 15) is 4.39 Å². The zero-order valence-corrected chi connectivity index (χ0v) is 12.7. The molecular weight excluding hydrogens is 259 g/mol. The predicted octanol–water partition coefficient (Wildman–Crippen LogP) is 5.40. The normalized spacial score (nSPS) is 11.2. The van der Waals surface area contributed by atoms with Gasteiger partial charge >= 0.3 is 0 Å². The van der Waals surface area contributed by atoms with Crippen LogP contribution in [0.25, 0.3) is 5.57 Å². The number of hydrogen-bond donors (Lipinski definition) is 0. The second-order valence-electron chi connectivity index (χ2n) is 5.24. The zero-order valence-electron chi connectivity index (χ0n) is 12.7. The van der Waals surface area contributed by atoms with E-state index in [-0.39, 0.29) is 5.82 Å². The van der Waals surface area contributed by atoms with Crippen molar-refractivity contribution in [3.8, 4) is 11.8 Å². The lowest BCUT2D eigenvalue weighted by Crippen LogP contribution is -1.87. The Labute approximate surface area is 126 Å². The van der Waals surface area contributed by atoms with E-state index >= 15 is 0 Å². The van der Waals surface area contributed by atoms with Gasteiger partial charge in [-0.3, -0.25) is 0 Å². The number of halogens is 1. The third kappa shape index (κ3) is 4.07. The van der Waals surface area contributed by atoms with Crippen LogP contribution >= 0.6 is 0 Å². The minimum atomic E-state index is -0.241. The molecule has 0 N–H and O–H groups in total. The molecule has 106 valence electrons. The zero-order chi connectivity index (χ0) is 15.2. The molecule has 0 spiro atoms. The van der Waals surface area contributed by atoms with Crippen LogP contribution in [0.2, 0.25) is 0 Å². The molecule has 0 nitrogen and oxygen atoms in total. The van der Waals surface area contributed by atoms with Gasteiger partial charge in [-0.05, 0) is 48.2 Å². The lowest BCUT2D eigenvalue weighted by atomic mass is 10.0. The molecule has 0 aliphatic heterocycles. The van der Waals surface area contributed by atoms with Crippen LogP contribution in [0.4, 0.5) is 4.39 Å². The van der Waals surface area contributed by atoms with Crippen LogP contribution < -0.4 is 0 Å². The SMILES string of the molecule is CC=C(C#Cc1ccc(C(C)C)cc1)c1cccc(F)c1. The molecule has 2 aromatic rings. The van der Waals surface area contributed by atoms with Crippen LogP contribution in [-0.4, -0.2) is 0 Å². The second kappa shape index (κ2) is 6.90. The highest BCUT2D eigenvalue weighted by Gasteiger charge is 2.00. The maximum Gasteiger partial charge on any atom is 0.123 e. The third-order valence-corrected chi connectivity index (χ3v) is 3.34. The first-order valence-electron chi connectivity index (χ1n) is 7.14. The van der Waals surface area contributed by atoms with Gasteiger partial charge in [-0.2, -0.15) is 0 Å². The fourth-order valence-corrected chi connectivity index (χ4v) is 2.06. The summed E-state index contributed by atoms with van der Waals surface area (Å²) in [5.74, 6) is 6.54. The van der Waals surface area contributed by atoms with Gasteiger partial charge in [0.1, 0.15) is 5.82 Å². The summed E-state index contributed by atoms with van der Waals surface area (Å²) in [6.45, 7) is 6.25. The van der Waals surface area contributed by atoms with Crippen molar-refractivity contribution >= 4 is 5.57 Å². The summed E-state index contributed by atoms with van der Waals surface area (Å²) in [5.41, 5.74) is 3.92. The number of benzene rings is 2. The van der Waals surface area contributed by atoms with E-state index in [1.54, 1.807) is 6.07 Å². The highest BCUT2D eigenvalue weighted by Crippen LogP contribution is 2.16. The van der Waals surface area contributed by atoms with E-state index in [1.165, 1.54) is 17.7 Å². The van der Waals surface area contributed by atoms with Crippen molar-refractivity contribution in [2.24, 2.45) is 0 Å². The Morgan fingerprint density at radius 3 is 2.38 bits per heavy atom. The lowest BCUT2D eigenvalue weighted by Gasteiger charge is -2.04. The van der Waals surface area contributed by atoms with Gasteiger partial charge in [0.05, 0.1) is 0 Å². The van der Waals surface area contributed by atoms with E-state index in [4.69, 9.17) is 0 Å². The molecule has 0 fully saturated rings. The molecule has 0 heterocycles. The maximum atomic E-state index is 13.3. The number of hydrogen-bond acceptors (Lipinski definition) is 0. The summed E-state index contributed by atoms with van der Waals surface area (Å²) >= 11 is 0. The Morgan fingerprint density at radius 1 is 1.10 bits per heavy atom. The Morgan fingerprint density at radius 2 is 1.81 bits per heavy atom. The Kier molecular flexibility index (Phi) is 4.95. The molecule has 0 atom stereocenters. The summed E-state index contributed by atoms with van der Waals surface area (Å²) in [4.78, 5) is 0. The molecule has 2 rings (SSSR count). The average molecular weight is 278 g/mol. The minimum absolute atomic E-state index is 0.241. The molecule has 0 saturated heterocycles. The van der Waals surface area contributed by atoms with E-state index in [1.807, 2.05) is 31.2 Å². The van der Waals surface area contributed by atoms with Crippen molar-refractivity contribution in [1.29, 1.82) is 0 Å². The van der Waals surface area contributed by atoms with Crippen LogP contribution in [-0.2, 0) is 0 Å². The molecule has 0 aliphatic rings. The molecule has 0 saturated carbocycles. The summed E-state index contributed by atoms with van der Waals surface area (Å²) < 4.78 is 13.3. The van der Waals surface area contributed by atoms with E-state index in [0.717, 1.165) is 16.7 Å². The van der Waals surface area contributed by atoms with Crippen molar-refractivity contribution in [2.45, 2.75) is 26.7 Å². The Balaban J connectivity index is 2.24. The lowest BCUT2D eigenvalue weighted by molar-refractivity contribution is 0.627. The van der Waals surface area contributed by atoms with Gasteiger partial charge in [0.2, 0.25) is 0 Å². The Bertz CT molecular complexity index is 695. The smallest absolute Gasteiger partial charge is 0.123 e. The molecule has 0 aliphatic carbocycles. The van der Waals surface area contributed by atoms with Gasteiger partial charge in [0.25, 0.3) is 0 Å². The predicted molar refractivity (Wildman–Crippen MR) is 87.5 cm³/mol. The fraction of sp³-hybridized carbons (Fsp3) is 0.200. The van der Waals surface area contributed by atoms with Gasteiger partial charge in [-0.25, -0.2) is 4.39 Å². The van der Waals surface area contributed by atoms with Gasteiger partial charge in [0, 0.05) is 11.1 Å². The van der Waals surface area contributed by atoms with Crippen LogP contribution in [0.1, 0.15) is 43.4 Å². The summed E-state index contributed by atoms with van der Waals surface area (Å²) in [6, 6.07) is 14.8. The van der Waals surface area contributed by atoms with Crippen molar-refractivity contribution in [3.05, 3.63) is 77.1 Å². The maximum absolute atomic E-state index is 13.3. The molecule has 0 unspecified atom stereocenters. The molecule has 0 amide bonds. The molecular formula is C20H19F. The van der Waals surface area contributed by atoms with Gasteiger partial charge in [-0.1, -0.05) is 56.0 Å². The molecule has 0 radical (unpaired) electrons. The van der Waals surface area contributed by atoms with Crippen molar-refractivity contribution in [2.75, 3.05) is 0 Å². The van der Waals surface area contributed by atoms with Gasteiger partial charge < -0.3 is 0 Å². The van der Waals surface area contributed by atoms with Crippen LogP contribution in [0.5, 0.6) is 0 Å². The molecule has 0 aromatic heterocycles. The van der Waals surface area contributed by atoms with Gasteiger partial charge in [0.15, 0.2) is 0 Å². The van der Waals surface area contributed by atoms with E-state index in [0.29, 0.717) is 5.92 Å². The summed E-state index contributed by atoms with van der Waals surface area (Å²) in [7, 11) is 0. The average Bonchev–Trinajstić information content (AvgIpc) is 2.48. The highest BCUT2D eigenvalue weighted by atomic mass is 19.1. The second-order valence-corrected chi connectivity index (χ2v) is 5.24. The van der Waals surface area contributed by atoms with Crippen LogP contribution in [0.15, 0.2) is 54.6 Å². The number of rotatable bonds is 2. The van der Waals surface area contributed by atoms with E-state index < -0.39 is 0 Å².